The zero-order valence-corrected chi connectivity index (χ0v) is 25.9. The lowest BCUT2D eigenvalue weighted by molar-refractivity contribution is -0.167. The Bertz CT molecular complexity index is 401. The summed E-state index contributed by atoms with van der Waals surface area (Å²) in [6.45, 7) is 25.0. The fraction of sp³-hybridized carbons (Fsp3) is 1.00. The highest BCUT2D eigenvalue weighted by molar-refractivity contribution is 7.38. The van der Waals surface area contributed by atoms with Crippen molar-refractivity contribution in [1.82, 2.24) is 4.90 Å². The molecule has 0 heterocycles. The van der Waals surface area contributed by atoms with Crippen molar-refractivity contribution in [2.45, 2.75) is 119 Å². The van der Waals surface area contributed by atoms with Crippen LogP contribution in [0.2, 0.25) is 0 Å². The van der Waals surface area contributed by atoms with Gasteiger partial charge in [0.1, 0.15) is 0 Å². The lowest BCUT2D eigenvalue weighted by atomic mass is 10.4. The molecule has 0 amide bonds. The molecule has 0 aromatic rings. The van der Waals surface area contributed by atoms with Crippen LogP contribution < -0.4 is 0 Å². The normalized spacial score (nSPS) is 13.6. The third-order valence-corrected chi connectivity index (χ3v) is 7.00. The van der Waals surface area contributed by atoms with Crippen LogP contribution in [0.1, 0.15) is 75.7 Å². The molecule has 0 spiro atoms. The minimum atomic E-state index is -0.0912. The van der Waals surface area contributed by atoms with E-state index in [9.17, 15) is 0 Å². The Labute approximate surface area is 215 Å². The molecule has 0 aliphatic carbocycles. The average Bonchev–Trinajstić information content (AvgIpc) is 2.68. The number of ether oxygens (including phenoxy) is 5. The predicted octanol–water partition coefficient (Wildman–Crippen LogP) is 5.81. The summed E-state index contributed by atoms with van der Waals surface area (Å²) in [7, 11) is 1.68. The van der Waals surface area contributed by atoms with Crippen LogP contribution in [0.25, 0.3) is 0 Å². The van der Waals surface area contributed by atoms with E-state index in [0.29, 0.717) is 6.10 Å². The van der Waals surface area contributed by atoms with Crippen LogP contribution in [-0.2, 0) is 23.7 Å². The quantitative estimate of drug-likeness (QED) is 0.0953. The number of rotatable bonds is 23. The summed E-state index contributed by atoms with van der Waals surface area (Å²) >= 11 is 0. The highest BCUT2D eigenvalue weighted by atomic mass is 31.1. The molecule has 0 saturated carbocycles. The van der Waals surface area contributed by atoms with Gasteiger partial charge in [0.15, 0.2) is 12.6 Å². The van der Waals surface area contributed by atoms with Crippen molar-refractivity contribution in [3.63, 3.8) is 0 Å². The minimum absolute atomic E-state index is 0.0912. The zero-order chi connectivity index (χ0) is 25.9. The summed E-state index contributed by atoms with van der Waals surface area (Å²) in [6, 6.07) is 0. The summed E-state index contributed by atoms with van der Waals surface area (Å²) in [5, 5.41) is 0. The molecule has 2 unspecified atom stereocenters. The summed E-state index contributed by atoms with van der Waals surface area (Å²) in [4.78, 5) is 2.60. The Kier molecular flexibility index (Phi) is 22.1. The third kappa shape index (κ3) is 23.0. The highest BCUT2D eigenvalue weighted by Crippen LogP contribution is 2.19. The number of hydrogen-bond donors (Lipinski definition) is 0. The van der Waals surface area contributed by atoms with E-state index < -0.39 is 0 Å². The van der Waals surface area contributed by atoms with Gasteiger partial charge >= 0.3 is 0 Å². The summed E-state index contributed by atoms with van der Waals surface area (Å²) in [5.41, 5.74) is 0. The first-order chi connectivity index (χ1) is 16.0. The van der Waals surface area contributed by atoms with E-state index in [2.05, 4.69) is 74.1 Å². The van der Waals surface area contributed by atoms with Crippen LogP contribution in [-0.4, -0.2) is 98.9 Å². The highest BCUT2D eigenvalue weighted by Gasteiger charge is 2.15. The van der Waals surface area contributed by atoms with Gasteiger partial charge in [-0.15, -0.1) is 17.2 Å². The fourth-order valence-corrected chi connectivity index (χ4v) is 5.54. The molecule has 0 fully saturated rings. The molecule has 0 aliphatic rings. The molecule has 0 aromatic heterocycles. The van der Waals surface area contributed by atoms with Crippen LogP contribution >= 0.6 is 17.2 Å². The van der Waals surface area contributed by atoms with Crippen LogP contribution in [0.5, 0.6) is 0 Å². The molecule has 0 aromatic carbocycles. The second-order valence-electron chi connectivity index (χ2n) is 10.1. The molecular weight excluding hydrogens is 468 g/mol. The molecule has 34 heavy (non-hydrogen) atoms. The van der Waals surface area contributed by atoms with Gasteiger partial charge < -0.3 is 28.6 Å². The molecule has 0 saturated heterocycles. The maximum Gasteiger partial charge on any atom is 0.161 e. The molecule has 2 atom stereocenters. The van der Waals surface area contributed by atoms with E-state index in [0.717, 1.165) is 62.1 Å². The Morgan fingerprint density at radius 1 is 0.529 bits per heavy atom. The van der Waals surface area contributed by atoms with E-state index >= 15 is 0 Å². The molecule has 0 rings (SSSR count). The standard InChI is InChI=1S/C26H57NO5P2/c1-20(2)28-15-11-12-27(13-16-33-18-25(29-21(3)4)30-22(5)6)14-17-34-19-26(31-23(7)8)32-24(9)10/h20-26,33-34H,11-19H2,1-10H3. The first-order valence-electron chi connectivity index (χ1n) is 13.4. The van der Waals surface area contributed by atoms with Crippen molar-refractivity contribution < 1.29 is 23.7 Å². The van der Waals surface area contributed by atoms with Gasteiger partial charge in [0.2, 0.25) is 0 Å². The van der Waals surface area contributed by atoms with Gasteiger partial charge in [-0.05, 0) is 88.0 Å². The lowest BCUT2D eigenvalue weighted by Gasteiger charge is -2.26. The second kappa shape index (κ2) is 21.7. The largest absolute Gasteiger partial charge is 0.379 e. The maximum absolute atomic E-state index is 5.96. The lowest BCUT2D eigenvalue weighted by Crippen LogP contribution is -2.31. The van der Waals surface area contributed by atoms with Gasteiger partial charge in [-0.3, -0.25) is 0 Å². The maximum atomic E-state index is 5.96. The zero-order valence-electron chi connectivity index (χ0n) is 23.9. The van der Waals surface area contributed by atoms with Gasteiger partial charge in [-0.1, -0.05) is 0 Å². The molecule has 0 aliphatic heterocycles. The van der Waals surface area contributed by atoms with Crippen LogP contribution in [0.3, 0.4) is 0 Å². The molecule has 0 N–H and O–H groups in total. The third-order valence-electron chi connectivity index (χ3n) is 4.60. The molecule has 0 radical (unpaired) electrons. The van der Waals surface area contributed by atoms with Gasteiger partial charge in [0, 0.05) is 38.6 Å². The Morgan fingerprint density at radius 3 is 1.24 bits per heavy atom. The van der Waals surface area contributed by atoms with Gasteiger partial charge in [0.05, 0.1) is 30.5 Å². The van der Waals surface area contributed by atoms with Crippen LogP contribution in [0.15, 0.2) is 0 Å². The van der Waals surface area contributed by atoms with Crippen LogP contribution in [0, 0.1) is 0 Å². The topological polar surface area (TPSA) is 49.4 Å². The van der Waals surface area contributed by atoms with Crippen molar-refractivity contribution in [3.8, 4) is 0 Å². The summed E-state index contributed by atoms with van der Waals surface area (Å²) in [5.74, 6) is 0. The van der Waals surface area contributed by atoms with Crippen molar-refractivity contribution in [3.05, 3.63) is 0 Å². The predicted molar refractivity (Wildman–Crippen MR) is 151 cm³/mol. The molecular formula is C26H57NO5P2. The SMILES string of the molecule is CC(C)OCCCN(CCPCC(OC(C)C)OC(C)C)CCPCC(OC(C)C)OC(C)C. The van der Waals surface area contributed by atoms with Crippen LogP contribution in [0.4, 0.5) is 0 Å². The first-order valence-corrected chi connectivity index (χ1v) is 16.2. The Morgan fingerprint density at radius 2 is 0.912 bits per heavy atom. The molecule has 6 nitrogen and oxygen atoms in total. The Hall–Kier alpha value is 0.620. The minimum Gasteiger partial charge on any atom is -0.379 e. The average molecular weight is 526 g/mol. The van der Waals surface area contributed by atoms with E-state index in [-0.39, 0.29) is 37.0 Å². The number of hydrogen-bond acceptors (Lipinski definition) is 6. The molecule has 206 valence electrons. The summed E-state index contributed by atoms with van der Waals surface area (Å²) in [6.07, 6.45) is 6.27. The van der Waals surface area contributed by atoms with Gasteiger partial charge in [-0.25, -0.2) is 0 Å². The van der Waals surface area contributed by atoms with Gasteiger partial charge in [-0.2, -0.15) is 0 Å². The van der Waals surface area contributed by atoms with E-state index in [4.69, 9.17) is 23.7 Å². The number of nitrogens with zero attached hydrogens (tertiary/aromatic N) is 1. The monoisotopic (exact) mass is 525 g/mol. The second-order valence-corrected chi connectivity index (χ2v) is 12.9. The molecule has 0 bridgehead atoms. The fourth-order valence-electron chi connectivity index (χ4n) is 3.33. The molecule has 8 heteroatoms. The van der Waals surface area contributed by atoms with Crippen molar-refractivity contribution in [1.29, 1.82) is 0 Å². The first kappa shape index (κ1) is 34.6. The van der Waals surface area contributed by atoms with Crippen molar-refractivity contribution in [2.75, 3.05) is 50.9 Å². The van der Waals surface area contributed by atoms with E-state index in [1.165, 1.54) is 12.3 Å². The van der Waals surface area contributed by atoms with Crippen molar-refractivity contribution in [2.24, 2.45) is 0 Å². The Balaban J connectivity index is 4.52. The van der Waals surface area contributed by atoms with E-state index in [1.54, 1.807) is 0 Å². The summed E-state index contributed by atoms with van der Waals surface area (Å²) < 4.78 is 29.6. The van der Waals surface area contributed by atoms with E-state index in [1.807, 2.05) is 0 Å². The smallest absolute Gasteiger partial charge is 0.161 e. The van der Waals surface area contributed by atoms with Gasteiger partial charge in [0.25, 0.3) is 0 Å². The van der Waals surface area contributed by atoms with Crippen molar-refractivity contribution >= 4 is 17.2 Å².